The SMILES string of the molecule is O=C(/C=C\c1ccccc1)c1ccc(OCCCCl)cc1. The van der Waals surface area contributed by atoms with Crippen molar-refractivity contribution in [3.63, 3.8) is 0 Å². The highest BCUT2D eigenvalue weighted by Gasteiger charge is 2.02. The van der Waals surface area contributed by atoms with Gasteiger partial charge in [-0.3, -0.25) is 4.79 Å². The van der Waals surface area contributed by atoms with Gasteiger partial charge in [0.15, 0.2) is 5.78 Å². The lowest BCUT2D eigenvalue weighted by Crippen LogP contribution is -1.99. The zero-order valence-corrected chi connectivity index (χ0v) is 12.4. The number of hydrogen-bond donors (Lipinski definition) is 0. The molecule has 2 nitrogen and oxygen atoms in total. The topological polar surface area (TPSA) is 26.3 Å². The van der Waals surface area contributed by atoms with Crippen LogP contribution in [0, 0.1) is 0 Å². The van der Waals surface area contributed by atoms with Crippen LogP contribution in [0.5, 0.6) is 5.75 Å². The largest absolute Gasteiger partial charge is 0.494 e. The van der Waals surface area contributed by atoms with Crippen LogP contribution in [0.3, 0.4) is 0 Å². The Morgan fingerprint density at radius 3 is 2.43 bits per heavy atom. The van der Waals surface area contributed by atoms with Gasteiger partial charge in [-0.25, -0.2) is 0 Å². The second kappa shape index (κ2) is 8.28. The monoisotopic (exact) mass is 300 g/mol. The summed E-state index contributed by atoms with van der Waals surface area (Å²) >= 11 is 5.59. The molecule has 0 radical (unpaired) electrons. The van der Waals surface area contributed by atoms with Crippen LogP contribution in [0.2, 0.25) is 0 Å². The van der Waals surface area contributed by atoms with Crippen molar-refractivity contribution in [2.24, 2.45) is 0 Å². The Morgan fingerprint density at radius 2 is 1.76 bits per heavy atom. The first-order valence-electron chi connectivity index (χ1n) is 6.86. The Morgan fingerprint density at radius 1 is 1.05 bits per heavy atom. The average Bonchev–Trinajstić information content (AvgIpc) is 2.54. The second-order valence-corrected chi connectivity index (χ2v) is 4.90. The minimum atomic E-state index is -0.0221. The van der Waals surface area contributed by atoms with Crippen LogP contribution in [0.4, 0.5) is 0 Å². The van der Waals surface area contributed by atoms with Gasteiger partial charge in [-0.1, -0.05) is 36.4 Å². The number of allylic oxidation sites excluding steroid dienone is 1. The zero-order chi connectivity index (χ0) is 14.9. The first kappa shape index (κ1) is 15.3. The molecule has 0 unspecified atom stereocenters. The highest BCUT2D eigenvalue weighted by Crippen LogP contribution is 2.14. The van der Waals surface area contributed by atoms with Gasteiger partial charge in [-0.05, 0) is 42.3 Å². The molecule has 0 aliphatic heterocycles. The van der Waals surface area contributed by atoms with Gasteiger partial charge in [0.1, 0.15) is 5.75 Å². The van der Waals surface area contributed by atoms with Crippen molar-refractivity contribution in [1.82, 2.24) is 0 Å². The number of alkyl halides is 1. The first-order valence-corrected chi connectivity index (χ1v) is 7.39. The molecule has 21 heavy (non-hydrogen) atoms. The fourth-order valence-corrected chi connectivity index (χ4v) is 1.90. The second-order valence-electron chi connectivity index (χ2n) is 4.52. The minimum absolute atomic E-state index is 0.0221. The van der Waals surface area contributed by atoms with Crippen molar-refractivity contribution in [1.29, 1.82) is 0 Å². The Labute approximate surface area is 130 Å². The van der Waals surface area contributed by atoms with E-state index in [0.29, 0.717) is 18.1 Å². The molecular formula is C18H17ClO2. The molecule has 0 atom stereocenters. The molecule has 3 heteroatoms. The number of carbonyl (C=O) groups is 1. The summed E-state index contributed by atoms with van der Waals surface area (Å²) < 4.78 is 5.50. The summed E-state index contributed by atoms with van der Waals surface area (Å²) in [7, 11) is 0. The Hall–Kier alpha value is -2.06. The number of benzene rings is 2. The fourth-order valence-electron chi connectivity index (χ4n) is 1.79. The number of hydrogen-bond acceptors (Lipinski definition) is 2. The van der Waals surface area contributed by atoms with E-state index in [1.54, 1.807) is 30.3 Å². The van der Waals surface area contributed by atoms with Crippen molar-refractivity contribution in [3.8, 4) is 5.75 Å². The maximum Gasteiger partial charge on any atom is 0.185 e. The molecule has 0 aromatic heterocycles. The van der Waals surface area contributed by atoms with Crippen LogP contribution in [-0.4, -0.2) is 18.3 Å². The molecule has 2 aromatic rings. The van der Waals surface area contributed by atoms with Crippen LogP contribution in [-0.2, 0) is 0 Å². The standard InChI is InChI=1S/C18H17ClO2/c19-13-4-14-21-17-10-8-16(9-11-17)18(20)12-7-15-5-2-1-3-6-15/h1-3,5-12H,4,13-14H2/b12-7-. The van der Waals surface area contributed by atoms with Gasteiger partial charge >= 0.3 is 0 Å². The van der Waals surface area contributed by atoms with Crippen LogP contribution >= 0.6 is 11.6 Å². The van der Waals surface area contributed by atoms with Crippen molar-refractivity contribution < 1.29 is 9.53 Å². The quantitative estimate of drug-likeness (QED) is 0.323. The molecular weight excluding hydrogens is 284 g/mol. The summed E-state index contributed by atoms with van der Waals surface area (Å²) in [5.74, 6) is 1.32. The molecule has 0 spiro atoms. The average molecular weight is 301 g/mol. The molecule has 0 saturated heterocycles. The highest BCUT2D eigenvalue weighted by atomic mass is 35.5. The smallest absolute Gasteiger partial charge is 0.185 e. The van der Waals surface area contributed by atoms with Crippen molar-refractivity contribution >= 4 is 23.5 Å². The first-order chi connectivity index (χ1) is 10.3. The van der Waals surface area contributed by atoms with E-state index in [1.165, 1.54) is 0 Å². The van der Waals surface area contributed by atoms with Crippen LogP contribution < -0.4 is 4.74 Å². The van der Waals surface area contributed by atoms with E-state index in [4.69, 9.17) is 16.3 Å². The minimum Gasteiger partial charge on any atom is -0.494 e. The summed E-state index contributed by atoms with van der Waals surface area (Å²) in [5, 5.41) is 0. The Bertz CT molecular complexity index is 588. The molecule has 0 amide bonds. The molecule has 0 heterocycles. The van der Waals surface area contributed by atoms with Gasteiger partial charge in [0, 0.05) is 11.4 Å². The third-order valence-electron chi connectivity index (χ3n) is 2.91. The summed E-state index contributed by atoms with van der Waals surface area (Å²) in [5.41, 5.74) is 1.65. The lowest BCUT2D eigenvalue weighted by Gasteiger charge is -2.05. The van der Waals surface area contributed by atoms with E-state index in [0.717, 1.165) is 17.7 Å². The fraction of sp³-hybridized carbons (Fsp3) is 0.167. The summed E-state index contributed by atoms with van der Waals surface area (Å²) in [6.45, 7) is 0.588. The number of rotatable bonds is 7. The van der Waals surface area contributed by atoms with Crippen LogP contribution in [0.15, 0.2) is 60.7 Å². The maximum atomic E-state index is 12.0. The van der Waals surface area contributed by atoms with Crippen molar-refractivity contribution in [2.45, 2.75) is 6.42 Å². The molecule has 0 fully saturated rings. The number of ether oxygens (including phenoxy) is 1. The normalized spacial score (nSPS) is 10.7. The summed E-state index contributed by atoms with van der Waals surface area (Å²) in [4.78, 5) is 12.0. The van der Waals surface area contributed by atoms with Crippen LogP contribution in [0.1, 0.15) is 22.3 Å². The number of carbonyl (C=O) groups excluding carboxylic acids is 1. The van der Waals surface area contributed by atoms with E-state index in [-0.39, 0.29) is 5.78 Å². The molecule has 0 aliphatic rings. The number of ketones is 1. The van der Waals surface area contributed by atoms with E-state index >= 15 is 0 Å². The van der Waals surface area contributed by atoms with Gasteiger partial charge in [0.2, 0.25) is 0 Å². The predicted molar refractivity (Wildman–Crippen MR) is 87.1 cm³/mol. The van der Waals surface area contributed by atoms with Gasteiger partial charge in [-0.2, -0.15) is 0 Å². The van der Waals surface area contributed by atoms with E-state index < -0.39 is 0 Å². The molecule has 0 saturated carbocycles. The third-order valence-corrected chi connectivity index (χ3v) is 3.18. The van der Waals surface area contributed by atoms with Gasteiger partial charge in [-0.15, -0.1) is 11.6 Å². The van der Waals surface area contributed by atoms with E-state index in [1.807, 2.05) is 36.4 Å². The molecule has 0 N–H and O–H groups in total. The lowest BCUT2D eigenvalue weighted by molar-refractivity contribution is 0.104. The zero-order valence-electron chi connectivity index (χ0n) is 11.7. The third kappa shape index (κ3) is 5.09. The highest BCUT2D eigenvalue weighted by molar-refractivity contribution is 6.17. The Kier molecular flexibility index (Phi) is 6.04. The van der Waals surface area contributed by atoms with E-state index in [9.17, 15) is 4.79 Å². The number of halogens is 1. The molecule has 2 rings (SSSR count). The van der Waals surface area contributed by atoms with Gasteiger partial charge in [0.05, 0.1) is 6.61 Å². The predicted octanol–water partition coefficient (Wildman–Crippen LogP) is 4.59. The van der Waals surface area contributed by atoms with Crippen molar-refractivity contribution in [3.05, 3.63) is 71.8 Å². The van der Waals surface area contributed by atoms with Crippen molar-refractivity contribution in [2.75, 3.05) is 12.5 Å². The molecule has 0 aliphatic carbocycles. The maximum absolute atomic E-state index is 12.0. The Balaban J connectivity index is 1.95. The lowest BCUT2D eigenvalue weighted by atomic mass is 10.1. The summed E-state index contributed by atoms with van der Waals surface area (Å²) in [6, 6.07) is 16.9. The van der Waals surface area contributed by atoms with Gasteiger partial charge < -0.3 is 4.74 Å². The molecule has 2 aromatic carbocycles. The van der Waals surface area contributed by atoms with Crippen LogP contribution in [0.25, 0.3) is 6.08 Å². The molecule has 0 bridgehead atoms. The summed E-state index contributed by atoms with van der Waals surface area (Å²) in [6.07, 6.45) is 4.20. The van der Waals surface area contributed by atoms with E-state index in [2.05, 4.69) is 0 Å². The molecule has 108 valence electrons. The van der Waals surface area contributed by atoms with Gasteiger partial charge in [0.25, 0.3) is 0 Å².